The van der Waals surface area contributed by atoms with E-state index in [1.807, 2.05) is 13.0 Å². The van der Waals surface area contributed by atoms with Crippen LogP contribution in [0.25, 0.3) is 0 Å². The zero-order valence-corrected chi connectivity index (χ0v) is 14.2. The summed E-state index contributed by atoms with van der Waals surface area (Å²) < 4.78 is 0. The van der Waals surface area contributed by atoms with Crippen LogP contribution >= 0.6 is 11.6 Å². The maximum atomic E-state index is 12.5. The molecule has 0 spiro atoms. The maximum absolute atomic E-state index is 12.5. The van der Waals surface area contributed by atoms with Gasteiger partial charge in [0.1, 0.15) is 12.6 Å². The fourth-order valence-electron chi connectivity index (χ4n) is 2.60. The van der Waals surface area contributed by atoms with Gasteiger partial charge in [0.05, 0.1) is 0 Å². The number of anilines is 1. The molecule has 0 bridgehead atoms. The standard InChI is InChI=1S/C18H16ClN3O3/c1-11-7-8-13(19)9-14(11)20-15(23)10-22-17(24)16(21-18(22)25)12-5-3-2-4-6-12/h2-9,16H,10H2,1H3,(H,20,23)(H,21,25). The molecule has 0 saturated carbocycles. The summed E-state index contributed by atoms with van der Waals surface area (Å²) in [7, 11) is 0. The van der Waals surface area contributed by atoms with E-state index in [9.17, 15) is 14.4 Å². The molecule has 1 heterocycles. The van der Waals surface area contributed by atoms with E-state index in [4.69, 9.17) is 11.6 Å². The van der Waals surface area contributed by atoms with E-state index in [1.165, 1.54) is 0 Å². The van der Waals surface area contributed by atoms with Gasteiger partial charge in [0, 0.05) is 10.7 Å². The Morgan fingerprint density at radius 3 is 2.64 bits per heavy atom. The van der Waals surface area contributed by atoms with Gasteiger partial charge in [-0.3, -0.25) is 14.5 Å². The highest BCUT2D eigenvalue weighted by molar-refractivity contribution is 6.31. The maximum Gasteiger partial charge on any atom is 0.325 e. The number of rotatable bonds is 4. The number of urea groups is 1. The molecule has 25 heavy (non-hydrogen) atoms. The summed E-state index contributed by atoms with van der Waals surface area (Å²) in [5, 5.41) is 5.76. The Kier molecular flexibility index (Phi) is 4.72. The van der Waals surface area contributed by atoms with E-state index in [0.717, 1.165) is 10.5 Å². The van der Waals surface area contributed by atoms with Crippen LogP contribution in [0.15, 0.2) is 48.5 Å². The van der Waals surface area contributed by atoms with Crippen molar-refractivity contribution in [1.29, 1.82) is 0 Å². The number of carbonyl (C=O) groups is 3. The molecular formula is C18H16ClN3O3. The van der Waals surface area contributed by atoms with Gasteiger partial charge in [0.25, 0.3) is 5.91 Å². The SMILES string of the molecule is Cc1ccc(Cl)cc1NC(=O)CN1C(=O)NC(c2ccccc2)C1=O. The summed E-state index contributed by atoms with van der Waals surface area (Å²) in [6, 6.07) is 12.6. The van der Waals surface area contributed by atoms with Gasteiger partial charge in [-0.15, -0.1) is 0 Å². The third-order valence-electron chi connectivity index (χ3n) is 3.93. The number of nitrogens with one attached hydrogen (secondary N) is 2. The van der Waals surface area contributed by atoms with Crippen LogP contribution in [-0.4, -0.2) is 29.3 Å². The van der Waals surface area contributed by atoms with Crippen LogP contribution in [0.5, 0.6) is 0 Å². The molecule has 3 rings (SSSR count). The largest absolute Gasteiger partial charge is 0.325 e. The topological polar surface area (TPSA) is 78.5 Å². The Morgan fingerprint density at radius 2 is 1.92 bits per heavy atom. The number of hydrogen-bond acceptors (Lipinski definition) is 3. The lowest BCUT2D eigenvalue weighted by Gasteiger charge is -2.14. The van der Waals surface area contributed by atoms with Crippen molar-refractivity contribution >= 4 is 35.1 Å². The normalized spacial score (nSPS) is 16.7. The minimum Gasteiger partial charge on any atom is -0.324 e. The molecule has 1 aliphatic rings. The van der Waals surface area contributed by atoms with Crippen molar-refractivity contribution in [3.63, 3.8) is 0 Å². The average Bonchev–Trinajstić information content (AvgIpc) is 2.87. The third kappa shape index (κ3) is 3.64. The Balaban J connectivity index is 1.70. The smallest absolute Gasteiger partial charge is 0.324 e. The minimum atomic E-state index is -0.769. The molecule has 128 valence electrons. The van der Waals surface area contributed by atoms with Crippen LogP contribution in [-0.2, 0) is 9.59 Å². The predicted molar refractivity (Wildman–Crippen MR) is 94.2 cm³/mol. The van der Waals surface area contributed by atoms with Gasteiger partial charge in [0.15, 0.2) is 0 Å². The number of nitrogens with zero attached hydrogens (tertiary/aromatic N) is 1. The van der Waals surface area contributed by atoms with Gasteiger partial charge in [-0.2, -0.15) is 0 Å². The Labute approximate surface area is 149 Å². The highest BCUT2D eigenvalue weighted by atomic mass is 35.5. The van der Waals surface area contributed by atoms with Gasteiger partial charge in [-0.1, -0.05) is 48.0 Å². The highest BCUT2D eigenvalue weighted by Gasteiger charge is 2.39. The van der Waals surface area contributed by atoms with E-state index in [-0.39, 0.29) is 6.54 Å². The molecule has 7 heteroatoms. The van der Waals surface area contributed by atoms with Crippen LogP contribution in [0.3, 0.4) is 0 Å². The van der Waals surface area contributed by atoms with E-state index in [1.54, 1.807) is 42.5 Å². The van der Waals surface area contributed by atoms with Gasteiger partial charge in [0.2, 0.25) is 5.91 Å². The molecule has 1 unspecified atom stereocenters. The van der Waals surface area contributed by atoms with Gasteiger partial charge >= 0.3 is 6.03 Å². The second-order valence-electron chi connectivity index (χ2n) is 5.72. The zero-order valence-electron chi connectivity index (χ0n) is 13.5. The summed E-state index contributed by atoms with van der Waals surface area (Å²) in [6.07, 6.45) is 0. The fraction of sp³-hybridized carbons (Fsp3) is 0.167. The lowest BCUT2D eigenvalue weighted by Crippen LogP contribution is -2.38. The second kappa shape index (κ2) is 6.94. The number of aryl methyl sites for hydroxylation is 1. The summed E-state index contributed by atoms with van der Waals surface area (Å²) in [5.41, 5.74) is 2.05. The van der Waals surface area contributed by atoms with Crippen molar-refractivity contribution in [3.8, 4) is 0 Å². The number of hydrogen-bond donors (Lipinski definition) is 2. The monoisotopic (exact) mass is 357 g/mol. The molecule has 0 radical (unpaired) electrons. The first kappa shape index (κ1) is 17.0. The summed E-state index contributed by atoms with van der Waals surface area (Å²) in [4.78, 5) is 37.7. The molecule has 1 fully saturated rings. The van der Waals surface area contributed by atoms with Crippen LogP contribution in [0.2, 0.25) is 5.02 Å². The molecule has 6 nitrogen and oxygen atoms in total. The van der Waals surface area contributed by atoms with Crippen molar-refractivity contribution in [2.45, 2.75) is 13.0 Å². The number of amides is 4. The Morgan fingerprint density at radius 1 is 1.20 bits per heavy atom. The van der Waals surface area contributed by atoms with Crippen LogP contribution in [0.1, 0.15) is 17.2 Å². The molecule has 0 aromatic heterocycles. The quantitative estimate of drug-likeness (QED) is 0.826. The van der Waals surface area contributed by atoms with Gasteiger partial charge < -0.3 is 10.6 Å². The van der Waals surface area contributed by atoms with Crippen molar-refractivity contribution in [3.05, 3.63) is 64.7 Å². The van der Waals surface area contributed by atoms with E-state index >= 15 is 0 Å². The summed E-state index contributed by atoms with van der Waals surface area (Å²) >= 11 is 5.92. The van der Waals surface area contributed by atoms with E-state index in [0.29, 0.717) is 16.3 Å². The Bertz CT molecular complexity index is 839. The highest BCUT2D eigenvalue weighted by Crippen LogP contribution is 2.23. The first-order valence-electron chi connectivity index (χ1n) is 7.68. The first-order valence-corrected chi connectivity index (χ1v) is 8.06. The van der Waals surface area contributed by atoms with E-state index in [2.05, 4.69) is 10.6 Å². The van der Waals surface area contributed by atoms with Crippen molar-refractivity contribution in [1.82, 2.24) is 10.2 Å². The molecule has 1 atom stereocenters. The number of benzene rings is 2. The number of imide groups is 1. The average molecular weight is 358 g/mol. The van der Waals surface area contributed by atoms with Gasteiger partial charge in [-0.05, 0) is 30.2 Å². The molecule has 2 N–H and O–H groups in total. The lowest BCUT2D eigenvalue weighted by atomic mass is 10.1. The zero-order chi connectivity index (χ0) is 18.0. The summed E-state index contributed by atoms with van der Waals surface area (Å²) in [6.45, 7) is 1.46. The first-order chi connectivity index (χ1) is 12.0. The minimum absolute atomic E-state index is 0.361. The molecule has 4 amide bonds. The van der Waals surface area contributed by atoms with Crippen molar-refractivity contribution < 1.29 is 14.4 Å². The number of halogens is 1. The molecular weight excluding hydrogens is 342 g/mol. The molecule has 1 saturated heterocycles. The lowest BCUT2D eigenvalue weighted by molar-refractivity contribution is -0.130. The Hall–Kier alpha value is -2.86. The van der Waals surface area contributed by atoms with Crippen LogP contribution in [0.4, 0.5) is 10.5 Å². The summed E-state index contributed by atoms with van der Waals surface area (Å²) in [5.74, 6) is -0.920. The van der Waals surface area contributed by atoms with Crippen molar-refractivity contribution in [2.75, 3.05) is 11.9 Å². The molecule has 0 aliphatic carbocycles. The third-order valence-corrected chi connectivity index (χ3v) is 4.17. The number of carbonyl (C=O) groups excluding carboxylic acids is 3. The van der Waals surface area contributed by atoms with Crippen LogP contribution < -0.4 is 10.6 Å². The van der Waals surface area contributed by atoms with Crippen molar-refractivity contribution in [2.24, 2.45) is 0 Å². The molecule has 2 aromatic carbocycles. The van der Waals surface area contributed by atoms with E-state index < -0.39 is 23.9 Å². The van der Waals surface area contributed by atoms with Crippen LogP contribution in [0, 0.1) is 6.92 Å². The predicted octanol–water partition coefficient (Wildman–Crippen LogP) is 2.88. The van der Waals surface area contributed by atoms with Gasteiger partial charge in [-0.25, -0.2) is 4.79 Å². The fourth-order valence-corrected chi connectivity index (χ4v) is 2.77. The second-order valence-corrected chi connectivity index (χ2v) is 6.16. The molecule has 2 aromatic rings. The molecule has 1 aliphatic heterocycles.